The van der Waals surface area contributed by atoms with Gasteiger partial charge in [0.2, 0.25) is 5.89 Å². The van der Waals surface area contributed by atoms with Crippen LogP contribution in [0, 0.1) is 6.92 Å². The minimum atomic E-state index is -0.692. The van der Waals surface area contributed by atoms with Gasteiger partial charge in [-0.2, -0.15) is 0 Å². The molecule has 1 aliphatic heterocycles. The number of aromatic nitrogens is 1. The smallest absolute Gasteiger partial charge is 0.325 e. The molecule has 18 heavy (non-hydrogen) atoms. The van der Waals surface area contributed by atoms with Crippen LogP contribution in [-0.4, -0.2) is 46.8 Å². The van der Waals surface area contributed by atoms with Crippen LogP contribution in [0.2, 0.25) is 0 Å². The van der Waals surface area contributed by atoms with E-state index in [9.17, 15) is 9.90 Å². The van der Waals surface area contributed by atoms with Gasteiger partial charge in [-0.15, -0.1) is 0 Å². The minimum Gasteiger partial charge on any atom is -0.468 e. The SMILES string of the molecule is COC(=O)C1C(O)CCCN1Cc1ncc(C)o1. The Bertz CT molecular complexity index is 418. The van der Waals surface area contributed by atoms with Crippen LogP contribution in [0.25, 0.3) is 0 Å². The van der Waals surface area contributed by atoms with Crippen molar-refractivity contribution in [1.82, 2.24) is 9.88 Å². The predicted molar refractivity (Wildman–Crippen MR) is 62.7 cm³/mol. The van der Waals surface area contributed by atoms with Crippen molar-refractivity contribution in [2.24, 2.45) is 0 Å². The summed E-state index contributed by atoms with van der Waals surface area (Å²) < 4.78 is 10.1. The highest BCUT2D eigenvalue weighted by Crippen LogP contribution is 2.21. The van der Waals surface area contributed by atoms with E-state index in [0.717, 1.165) is 18.7 Å². The number of oxazole rings is 1. The fourth-order valence-electron chi connectivity index (χ4n) is 2.30. The van der Waals surface area contributed by atoms with E-state index in [1.165, 1.54) is 7.11 Å². The third kappa shape index (κ3) is 2.70. The van der Waals surface area contributed by atoms with E-state index >= 15 is 0 Å². The molecule has 0 aromatic carbocycles. The third-order valence-corrected chi connectivity index (χ3v) is 3.15. The van der Waals surface area contributed by atoms with E-state index in [2.05, 4.69) is 4.98 Å². The van der Waals surface area contributed by atoms with Gasteiger partial charge < -0.3 is 14.3 Å². The minimum absolute atomic E-state index is 0.407. The summed E-state index contributed by atoms with van der Waals surface area (Å²) in [6, 6.07) is -0.629. The number of ether oxygens (including phenoxy) is 1. The molecular formula is C12H18N2O4. The van der Waals surface area contributed by atoms with Gasteiger partial charge in [0.15, 0.2) is 0 Å². The summed E-state index contributed by atoms with van der Waals surface area (Å²) in [6.07, 6.45) is 2.40. The predicted octanol–water partition coefficient (Wildman–Crippen LogP) is 0.481. The second-order valence-corrected chi connectivity index (χ2v) is 4.51. The average Bonchev–Trinajstić information content (AvgIpc) is 2.74. The van der Waals surface area contributed by atoms with Crippen LogP contribution in [0.5, 0.6) is 0 Å². The maximum Gasteiger partial charge on any atom is 0.325 e. The van der Waals surface area contributed by atoms with E-state index in [1.54, 1.807) is 6.20 Å². The molecule has 6 heteroatoms. The lowest BCUT2D eigenvalue weighted by Gasteiger charge is -2.36. The van der Waals surface area contributed by atoms with Crippen LogP contribution >= 0.6 is 0 Å². The number of carbonyl (C=O) groups is 1. The number of aryl methyl sites for hydroxylation is 1. The molecule has 0 bridgehead atoms. The molecule has 2 heterocycles. The van der Waals surface area contributed by atoms with Gasteiger partial charge in [0.05, 0.1) is 26.0 Å². The lowest BCUT2D eigenvalue weighted by Crippen LogP contribution is -2.52. The molecule has 1 aliphatic rings. The first kappa shape index (κ1) is 13.0. The second-order valence-electron chi connectivity index (χ2n) is 4.51. The Morgan fingerprint density at radius 1 is 1.72 bits per heavy atom. The van der Waals surface area contributed by atoms with Gasteiger partial charge in [-0.05, 0) is 26.3 Å². The molecule has 6 nitrogen and oxygen atoms in total. The molecule has 1 N–H and O–H groups in total. The van der Waals surface area contributed by atoms with Crippen molar-refractivity contribution in [1.29, 1.82) is 0 Å². The first-order valence-corrected chi connectivity index (χ1v) is 6.03. The summed E-state index contributed by atoms with van der Waals surface area (Å²) in [4.78, 5) is 17.7. The van der Waals surface area contributed by atoms with E-state index < -0.39 is 18.1 Å². The molecule has 0 spiro atoms. The lowest BCUT2D eigenvalue weighted by molar-refractivity contribution is -0.154. The van der Waals surface area contributed by atoms with Crippen molar-refractivity contribution in [3.63, 3.8) is 0 Å². The Balaban J connectivity index is 2.10. The van der Waals surface area contributed by atoms with Crippen molar-refractivity contribution in [3.05, 3.63) is 17.8 Å². The van der Waals surface area contributed by atoms with Crippen molar-refractivity contribution >= 4 is 5.97 Å². The first-order chi connectivity index (χ1) is 8.61. The summed E-state index contributed by atoms with van der Waals surface area (Å²) >= 11 is 0. The van der Waals surface area contributed by atoms with E-state index in [0.29, 0.717) is 18.9 Å². The molecule has 2 rings (SSSR count). The zero-order valence-electron chi connectivity index (χ0n) is 10.6. The zero-order chi connectivity index (χ0) is 13.1. The third-order valence-electron chi connectivity index (χ3n) is 3.15. The Morgan fingerprint density at radius 2 is 2.50 bits per heavy atom. The standard InChI is InChI=1S/C12H18N2O4/c1-8-6-13-10(18-8)7-14-5-3-4-9(15)11(14)12(16)17-2/h6,9,11,15H,3-5,7H2,1-2H3. The van der Waals surface area contributed by atoms with Gasteiger partial charge in [0.1, 0.15) is 11.8 Å². The van der Waals surface area contributed by atoms with Gasteiger partial charge in [-0.25, -0.2) is 4.98 Å². The van der Waals surface area contributed by atoms with Crippen molar-refractivity contribution in [2.75, 3.05) is 13.7 Å². The zero-order valence-corrected chi connectivity index (χ0v) is 10.6. The van der Waals surface area contributed by atoms with Crippen LogP contribution in [0.1, 0.15) is 24.5 Å². The maximum absolute atomic E-state index is 11.7. The van der Waals surface area contributed by atoms with Crippen LogP contribution < -0.4 is 0 Å². The molecule has 0 amide bonds. The molecule has 1 aromatic heterocycles. The quantitative estimate of drug-likeness (QED) is 0.791. The molecule has 0 aliphatic carbocycles. The lowest BCUT2D eigenvalue weighted by atomic mass is 9.99. The van der Waals surface area contributed by atoms with Crippen LogP contribution in [0.15, 0.2) is 10.6 Å². The number of esters is 1. The van der Waals surface area contributed by atoms with E-state index in [1.807, 2.05) is 11.8 Å². The Hall–Kier alpha value is -1.40. The largest absolute Gasteiger partial charge is 0.468 e. The van der Waals surface area contributed by atoms with Crippen molar-refractivity contribution in [2.45, 2.75) is 38.5 Å². The van der Waals surface area contributed by atoms with Gasteiger partial charge in [-0.1, -0.05) is 0 Å². The summed E-state index contributed by atoms with van der Waals surface area (Å²) in [7, 11) is 1.33. The first-order valence-electron chi connectivity index (χ1n) is 6.03. The molecule has 1 aromatic rings. The topological polar surface area (TPSA) is 75.8 Å². The Morgan fingerprint density at radius 3 is 3.11 bits per heavy atom. The van der Waals surface area contributed by atoms with Crippen LogP contribution in [0.3, 0.4) is 0 Å². The number of aliphatic hydroxyl groups excluding tert-OH is 1. The van der Waals surface area contributed by atoms with Crippen molar-refractivity contribution in [3.8, 4) is 0 Å². The molecule has 1 fully saturated rings. The number of nitrogens with zero attached hydrogens (tertiary/aromatic N) is 2. The molecule has 0 radical (unpaired) electrons. The average molecular weight is 254 g/mol. The number of hydrogen-bond acceptors (Lipinski definition) is 6. The second kappa shape index (κ2) is 5.49. The summed E-state index contributed by atoms with van der Waals surface area (Å²) in [6.45, 7) is 2.95. The number of hydrogen-bond donors (Lipinski definition) is 1. The monoisotopic (exact) mass is 254 g/mol. The Labute approximate surface area is 106 Å². The number of methoxy groups -OCH3 is 1. The van der Waals surface area contributed by atoms with Gasteiger partial charge in [-0.3, -0.25) is 9.69 Å². The number of likely N-dealkylation sites (tertiary alicyclic amines) is 1. The van der Waals surface area contributed by atoms with Crippen LogP contribution in [0.4, 0.5) is 0 Å². The highest BCUT2D eigenvalue weighted by atomic mass is 16.5. The molecule has 100 valence electrons. The fourth-order valence-corrected chi connectivity index (χ4v) is 2.30. The number of rotatable bonds is 3. The fraction of sp³-hybridized carbons (Fsp3) is 0.667. The molecule has 2 unspecified atom stereocenters. The highest BCUT2D eigenvalue weighted by Gasteiger charge is 2.37. The van der Waals surface area contributed by atoms with Gasteiger partial charge in [0, 0.05) is 0 Å². The molecule has 1 saturated heterocycles. The van der Waals surface area contributed by atoms with Crippen molar-refractivity contribution < 1.29 is 19.1 Å². The van der Waals surface area contributed by atoms with Crippen LogP contribution in [-0.2, 0) is 16.1 Å². The maximum atomic E-state index is 11.7. The van der Waals surface area contributed by atoms with E-state index in [-0.39, 0.29) is 0 Å². The Kier molecular flexibility index (Phi) is 3.98. The number of carbonyl (C=O) groups excluding carboxylic acids is 1. The number of piperidine rings is 1. The summed E-state index contributed by atoms with van der Waals surface area (Å²) in [5.41, 5.74) is 0. The number of aliphatic hydroxyl groups is 1. The molecule has 0 saturated carbocycles. The van der Waals surface area contributed by atoms with Gasteiger partial charge in [0.25, 0.3) is 0 Å². The normalized spacial score (nSPS) is 25.1. The highest BCUT2D eigenvalue weighted by molar-refractivity contribution is 5.76. The molecular weight excluding hydrogens is 236 g/mol. The van der Waals surface area contributed by atoms with Gasteiger partial charge >= 0.3 is 5.97 Å². The summed E-state index contributed by atoms with van der Waals surface area (Å²) in [5, 5.41) is 9.93. The summed E-state index contributed by atoms with van der Waals surface area (Å²) in [5.74, 6) is 0.873. The van der Waals surface area contributed by atoms with E-state index in [4.69, 9.17) is 9.15 Å². The molecule has 2 atom stereocenters.